The molecular weight excluding hydrogens is 192 g/mol. The van der Waals surface area contributed by atoms with Crippen LogP contribution < -0.4 is 0 Å². The molecule has 1 aliphatic heterocycles. The van der Waals surface area contributed by atoms with Crippen LogP contribution in [-0.4, -0.2) is 18.3 Å². The average molecular weight is 208 g/mol. The largest absolute Gasteiger partial charge is 0.508 e. The lowest BCUT2D eigenvalue weighted by atomic mass is 10.0. The van der Waals surface area contributed by atoms with Gasteiger partial charge in [0.15, 0.2) is 5.79 Å². The van der Waals surface area contributed by atoms with Crippen LogP contribution in [0.4, 0.5) is 0 Å². The van der Waals surface area contributed by atoms with E-state index in [-0.39, 0.29) is 5.75 Å². The predicted molar refractivity (Wildman–Crippen MR) is 56.6 cm³/mol. The highest BCUT2D eigenvalue weighted by atomic mass is 16.7. The van der Waals surface area contributed by atoms with E-state index >= 15 is 0 Å². The minimum absolute atomic E-state index is 0.252. The van der Waals surface area contributed by atoms with Crippen LogP contribution in [0.2, 0.25) is 0 Å². The summed E-state index contributed by atoms with van der Waals surface area (Å²) in [6, 6.07) is 7.10. The SMILES string of the molecule is CCCC1(c2cccc(O)c2)OCCO1. The molecule has 0 radical (unpaired) electrons. The standard InChI is InChI=1S/C12H16O3/c1-2-6-12(14-7-8-15-12)10-4-3-5-11(13)9-10/h3-5,9,13H,2,6-8H2,1H3. The molecule has 1 aliphatic rings. The summed E-state index contributed by atoms with van der Waals surface area (Å²) in [5.41, 5.74) is 0.904. The summed E-state index contributed by atoms with van der Waals surface area (Å²) >= 11 is 0. The van der Waals surface area contributed by atoms with Crippen molar-refractivity contribution in [1.29, 1.82) is 0 Å². The Morgan fingerprint density at radius 3 is 2.67 bits per heavy atom. The fraction of sp³-hybridized carbons (Fsp3) is 0.500. The highest BCUT2D eigenvalue weighted by Gasteiger charge is 2.37. The van der Waals surface area contributed by atoms with Gasteiger partial charge < -0.3 is 14.6 Å². The molecule has 15 heavy (non-hydrogen) atoms. The molecule has 3 heteroatoms. The van der Waals surface area contributed by atoms with Gasteiger partial charge in [-0.3, -0.25) is 0 Å². The molecule has 1 fully saturated rings. The quantitative estimate of drug-likeness (QED) is 0.828. The van der Waals surface area contributed by atoms with Gasteiger partial charge in [0.05, 0.1) is 13.2 Å². The molecule has 0 aromatic heterocycles. The number of hydrogen-bond acceptors (Lipinski definition) is 3. The van der Waals surface area contributed by atoms with Gasteiger partial charge >= 0.3 is 0 Å². The molecule has 0 unspecified atom stereocenters. The zero-order chi connectivity index (χ0) is 10.7. The molecule has 2 rings (SSSR count). The normalized spacial score (nSPS) is 19.3. The summed E-state index contributed by atoms with van der Waals surface area (Å²) in [7, 11) is 0. The number of benzene rings is 1. The molecule has 82 valence electrons. The van der Waals surface area contributed by atoms with E-state index in [4.69, 9.17) is 9.47 Å². The first-order chi connectivity index (χ1) is 7.27. The fourth-order valence-corrected chi connectivity index (χ4v) is 1.98. The van der Waals surface area contributed by atoms with Crippen LogP contribution in [0.1, 0.15) is 25.3 Å². The molecule has 0 spiro atoms. The second-order valence-corrected chi connectivity index (χ2v) is 3.75. The first-order valence-corrected chi connectivity index (χ1v) is 5.34. The van der Waals surface area contributed by atoms with Crippen molar-refractivity contribution in [2.45, 2.75) is 25.6 Å². The monoisotopic (exact) mass is 208 g/mol. The van der Waals surface area contributed by atoms with Crippen molar-refractivity contribution in [2.75, 3.05) is 13.2 Å². The number of ether oxygens (including phenoxy) is 2. The van der Waals surface area contributed by atoms with Gasteiger partial charge in [-0.05, 0) is 12.1 Å². The second kappa shape index (κ2) is 4.21. The van der Waals surface area contributed by atoms with Gasteiger partial charge in [0.25, 0.3) is 0 Å². The third kappa shape index (κ3) is 1.98. The van der Waals surface area contributed by atoms with Crippen LogP contribution in [-0.2, 0) is 15.3 Å². The molecule has 1 N–H and O–H groups in total. The Labute approximate surface area is 89.6 Å². The van der Waals surface area contributed by atoms with Crippen molar-refractivity contribution in [1.82, 2.24) is 0 Å². The maximum absolute atomic E-state index is 9.44. The summed E-state index contributed by atoms with van der Waals surface area (Å²) in [5, 5.41) is 9.44. The molecule has 0 amide bonds. The predicted octanol–water partition coefficient (Wildman–Crippen LogP) is 2.39. The zero-order valence-corrected chi connectivity index (χ0v) is 8.90. The lowest BCUT2D eigenvalue weighted by Gasteiger charge is -2.27. The van der Waals surface area contributed by atoms with Crippen molar-refractivity contribution < 1.29 is 14.6 Å². The first kappa shape index (κ1) is 10.5. The molecule has 0 atom stereocenters. The number of aromatic hydroxyl groups is 1. The molecule has 1 aromatic carbocycles. The van der Waals surface area contributed by atoms with Crippen molar-refractivity contribution >= 4 is 0 Å². The highest BCUT2D eigenvalue weighted by molar-refractivity contribution is 5.30. The summed E-state index contributed by atoms with van der Waals surface area (Å²) in [5.74, 6) is -0.380. The zero-order valence-electron chi connectivity index (χ0n) is 8.90. The summed E-state index contributed by atoms with van der Waals surface area (Å²) in [4.78, 5) is 0. The van der Waals surface area contributed by atoms with Gasteiger partial charge in [0, 0.05) is 12.0 Å². The fourth-order valence-electron chi connectivity index (χ4n) is 1.98. The molecule has 3 nitrogen and oxygen atoms in total. The summed E-state index contributed by atoms with van der Waals surface area (Å²) in [6.07, 6.45) is 1.80. The van der Waals surface area contributed by atoms with Crippen molar-refractivity contribution in [3.63, 3.8) is 0 Å². The Hall–Kier alpha value is -1.06. The number of phenolic OH excluding ortho intramolecular Hbond substituents is 1. The summed E-state index contributed by atoms with van der Waals surface area (Å²) in [6.45, 7) is 3.33. The molecule has 0 bridgehead atoms. The lowest BCUT2D eigenvalue weighted by Crippen LogP contribution is -2.26. The minimum atomic E-state index is -0.631. The van der Waals surface area contributed by atoms with Crippen LogP contribution in [0, 0.1) is 0 Å². The van der Waals surface area contributed by atoms with Gasteiger partial charge in [-0.2, -0.15) is 0 Å². The smallest absolute Gasteiger partial charge is 0.195 e. The number of phenols is 1. The first-order valence-electron chi connectivity index (χ1n) is 5.34. The van der Waals surface area contributed by atoms with E-state index in [0.717, 1.165) is 18.4 Å². The highest BCUT2D eigenvalue weighted by Crippen LogP contribution is 2.36. The van der Waals surface area contributed by atoms with Gasteiger partial charge in [0.1, 0.15) is 5.75 Å². The Balaban J connectivity index is 2.31. The topological polar surface area (TPSA) is 38.7 Å². The van der Waals surface area contributed by atoms with E-state index in [1.54, 1.807) is 12.1 Å². The van der Waals surface area contributed by atoms with E-state index in [1.165, 1.54) is 0 Å². The lowest BCUT2D eigenvalue weighted by molar-refractivity contribution is -0.171. The van der Waals surface area contributed by atoms with Crippen LogP contribution in [0.5, 0.6) is 5.75 Å². The van der Waals surface area contributed by atoms with Crippen LogP contribution in [0.15, 0.2) is 24.3 Å². The Morgan fingerprint density at radius 1 is 1.33 bits per heavy atom. The maximum Gasteiger partial charge on any atom is 0.195 e. The molecule has 1 aromatic rings. The van der Waals surface area contributed by atoms with Gasteiger partial charge in [-0.15, -0.1) is 0 Å². The van der Waals surface area contributed by atoms with Gasteiger partial charge in [-0.1, -0.05) is 25.5 Å². The van der Waals surface area contributed by atoms with E-state index in [9.17, 15) is 5.11 Å². The van der Waals surface area contributed by atoms with E-state index in [1.807, 2.05) is 12.1 Å². The Morgan fingerprint density at radius 2 is 2.07 bits per heavy atom. The van der Waals surface area contributed by atoms with Crippen molar-refractivity contribution in [3.05, 3.63) is 29.8 Å². The minimum Gasteiger partial charge on any atom is -0.508 e. The van der Waals surface area contributed by atoms with Crippen LogP contribution >= 0.6 is 0 Å². The number of rotatable bonds is 3. The molecule has 1 saturated heterocycles. The van der Waals surface area contributed by atoms with E-state index < -0.39 is 5.79 Å². The van der Waals surface area contributed by atoms with E-state index in [2.05, 4.69) is 6.92 Å². The third-order valence-electron chi connectivity index (χ3n) is 2.62. The molecule has 0 aliphatic carbocycles. The third-order valence-corrected chi connectivity index (χ3v) is 2.62. The van der Waals surface area contributed by atoms with Crippen molar-refractivity contribution in [3.8, 4) is 5.75 Å². The van der Waals surface area contributed by atoms with Crippen LogP contribution in [0.3, 0.4) is 0 Å². The molecule has 1 heterocycles. The molecule has 0 saturated carbocycles. The molecular formula is C12H16O3. The van der Waals surface area contributed by atoms with Gasteiger partial charge in [-0.25, -0.2) is 0 Å². The average Bonchev–Trinajstić information content (AvgIpc) is 2.68. The number of hydrogen-bond donors (Lipinski definition) is 1. The van der Waals surface area contributed by atoms with Gasteiger partial charge in [0.2, 0.25) is 0 Å². The Bertz CT molecular complexity index is 329. The summed E-state index contributed by atoms with van der Waals surface area (Å²) < 4.78 is 11.4. The van der Waals surface area contributed by atoms with E-state index in [0.29, 0.717) is 13.2 Å². The second-order valence-electron chi connectivity index (χ2n) is 3.75. The van der Waals surface area contributed by atoms with Crippen LogP contribution in [0.25, 0.3) is 0 Å². The maximum atomic E-state index is 9.44. The van der Waals surface area contributed by atoms with Crippen molar-refractivity contribution in [2.24, 2.45) is 0 Å². The Kier molecular flexibility index (Phi) is 2.93.